The Hall–Kier alpha value is -3.01. The van der Waals surface area contributed by atoms with E-state index in [2.05, 4.69) is 15.3 Å². The number of aryl methyl sites for hydroxylation is 1. The van der Waals surface area contributed by atoms with E-state index in [1.54, 1.807) is 12.1 Å². The summed E-state index contributed by atoms with van der Waals surface area (Å²) >= 11 is 1.40. The Kier molecular flexibility index (Phi) is 6.95. The van der Waals surface area contributed by atoms with E-state index >= 15 is 0 Å². The molecule has 1 aliphatic carbocycles. The highest BCUT2D eigenvalue weighted by Gasteiger charge is 2.43. The van der Waals surface area contributed by atoms with Gasteiger partial charge in [0.25, 0.3) is 5.91 Å². The third-order valence-electron chi connectivity index (χ3n) is 7.57. The number of halogens is 4. The Bertz CT molecular complexity index is 1250. The highest BCUT2D eigenvalue weighted by molar-refractivity contribution is 7.15. The number of aromatic nitrogens is 2. The number of hydrogen-bond donors (Lipinski definition) is 1. The Morgan fingerprint density at radius 1 is 1.14 bits per heavy atom. The molecule has 3 aromatic rings. The molecular formula is C27H28F4N4OS. The maximum absolute atomic E-state index is 13.9. The number of hydrogen-bond acceptors (Lipinski definition) is 5. The van der Waals surface area contributed by atoms with E-state index in [1.165, 1.54) is 42.4 Å². The van der Waals surface area contributed by atoms with Gasteiger partial charge in [-0.3, -0.25) is 4.79 Å². The monoisotopic (exact) mass is 532 g/mol. The van der Waals surface area contributed by atoms with Crippen molar-refractivity contribution in [1.29, 1.82) is 0 Å². The summed E-state index contributed by atoms with van der Waals surface area (Å²) < 4.78 is 52.2. The van der Waals surface area contributed by atoms with Gasteiger partial charge in [0.1, 0.15) is 17.3 Å². The number of rotatable bonds is 5. The highest BCUT2D eigenvalue weighted by atomic mass is 32.1. The predicted octanol–water partition coefficient (Wildman–Crippen LogP) is 6.95. The highest BCUT2D eigenvalue weighted by Crippen LogP contribution is 2.48. The molecule has 3 heterocycles. The van der Waals surface area contributed by atoms with E-state index in [9.17, 15) is 22.4 Å². The smallest absolute Gasteiger partial charge is 0.368 e. The molecule has 1 amide bonds. The molecule has 1 N–H and O–H groups in total. The number of amides is 1. The number of likely N-dealkylation sites (tertiary alicyclic amines) is 1. The zero-order valence-electron chi connectivity index (χ0n) is 20.4. The minimum absolute atomic E-state index is 0.161. The van der Waals surface area contributed by atoms with Crippen molar-refractivity contribution >= 4 is 23.1 Å². The Morgan fingerprint density at radius 3 is 2.51 bits per heavy atom. The molecular weight excluding hydrogens is 504 g/mol. The van der Waals surface area contributed by atoms with Crippen LogP contribution in [-0.2, 0) is 6.18 Å². The Balaban J connectivity index is 1.39. The molecule has 2 aromatic heterocycles. The molecule has 2 aliphatic rings. The van der Waals surface area contributed by atoms with E-state index in [-0.39, 0.29) is 23.2 Å². The topological polar surface area (TPSA) is 58.1 Å². The van der Waals surface area contributed by atoms with E-state index in [1.807, 2.05) is 11.8 Å². The van der Waals surface area contributed by atoms with Crippen molar-refractivity contribution in [3.63, 3.8) is 0 Å². The van der Waals surface area contributed by atoms with E-state index in [0.717, 1.165) is 48.5 Å². The predicted molar refractivity (Wildman–Crippen MR) is 135 cm³/mol. The molecule has 0 bridgehead atoms. The molecule has 1 atom stereocenters. The van der Waals surface area contributed by atoms with E-state index in [4.69, 9.17) is 0 Å². The number of nitrogens with one attached hydrogen (secondary N) is 1. The van der Waals surface area contributed by atoms with Crippen LogP contribution in [0, 0.1) is 18.2 Å². The number of benzene rings is 1. The molecule has 1 saturated carbocycles. The van der Waals surface area contributed by atoms with E-state index in [0.29, 0.717) is 29.5 Å². The maximum Gasteiger partial charge on any atom is 0.417 e. The van der Waals surface area contributed by atoms with Gasteiger partial charge in [-0.15, -0.1) is 11.3 Å². The first-order chi connectivity index (χ1) is 17.6. The second kappa shape index (κ2) is 10.0. The normalized spacial score (nSPS) is 19.4. The first-order valence-electron chi connectivity index (χ1n) is 12.5. The number of nitrogens with zero attached hydrogens (tertiary/aromatic N) is 3. The van der Waals surface area contributed by atoms with Gasteiger partial charge in [-0.1, -0.05) is 25.0 Å². The molecule has 5 rings (SSSR count). The number of alkyl halides is 3. The molecule has 1 spiro atoms. The van der Waals surface area contributed by atoms with Crippen LogP contribution in [0.2, 0.25) is 0 Å². The van der Waals surface area contributed by atoms with Crippen molar-refractivity contribution in [3.8, 4) is 10.4 Å². The van der Waals surface area contributed by atoms with Crippen LogP contribution in [0.25, 0.3) is 10.4 Å². The van der Waals surface area contributed by atoms with Gasteiger partial charge in [0.05, 0.1) is 15.4 Å². The van der Waals surface area contributed by atoms with Gasteiger partial charge in [0, 0.05) is 25.3 Å². The van der Waals surface area contributed by atoms with Gasteiger partial charge < -0.3 is 10.2 Å². The average Bonchev–Trinajstić information content (AvgIpc) is 3.49. The molecule has 37 heavy (non-hydrogen) atoms. The number of carbonyl (C=O) groups excluding carboxylic acids is 1. The largest absolute Gasteiger partial charge is 0.417 e. The third kappa shape index (κ3) is 5.49. The SMILES string of the molecule is Cc1nc(C(=O)N2CCC3(CCCC3)CC2CNc2ccc(C(F)(F)F)cn2)c(-c2ccc(F)cc2)s1. The van der Waals surface area contributed by atoms with Gasteiger partial charge >= 0.3 is 6.18 Å². The van der Waals surface area contributed by atoms with Crippen LogP contribution >= 0.6 is 11.3 Å². The number of piperidine rings is 1. The fourth-order valence-electron chi connectivity index (χ4n) is 5.67. The van der Waals surface area contributed by atoms with Crippen LogP contribution in [0.1, 0.15) is 59.6 Å². The van der Waals surface area contributed by atoms with Crippen molar-refractivity contribution in [1.82, 2.24) is 14.9 Å². The van der Waals surface area contributed by atoms with Crippen LogP contribution in [0.4, 0.5) is 23.4 Å². The van der Waals surface area contributed by atoms with Crippen molar-refractivity contribution in [2.24, 2.45) is 5.41 Å². The summed E-state index contributed by atoms with van der Waals surface area (Å²) in [6.07, 6.45) is 2.72. The summed E-state index contributed by atoms with van der Waals surface area (Å²) in [7, 11) is 0. The van der Waals surface area contributed by atoms with Gasteiger partial charge in [0.15, 0.2) is 0 Å². The zero-order chi connectivity index (χ0) is 26.2. The van der Waals surface area contributed by atoms with Crippen LogP contribution in [0.15, 0.2) is 42.6 Å². The number of anilines is 1. The van der Waals surface area contributed by atoms with Gasteiger partial charge in [-0.05, 0) is 67.9 Å². The molecule has 196 valence electrons. The second-order valence-corrected chi connectivity index (χ2v) is 11.2. The van der Waals surface area contributed by atoms with Crippen molar-refractivity contribution in [3.05, 3.63) is 64.7 Å². The molecule has 10 heteroatoms. The molecule has 1 aliphatic heterocycles. The van der Waals surface area contributed by atoms with Crippen LogP contribution < -0.4 is 5.32 Å². The van der Waals surface area contributed by atoms with Gasteiger partial charge in [-0.25, -0.2) is 14.4 Å². The maximum atomic E-state index is 13.9. The fourth-order valence-corrected chi connectivity index (χ4v) is 6.59. The summed E-state index contributed by atoms with van der Waals surface area (Å²) in [5, 5.41) is 3.91. The molecule has 1 saturated heterocycles. The minimum Gasteiger partial charge on any atom is -0.368 e. The van der Waals surface area contributed by atoms with E-state index < -0.39 is 11.7 Å². The summed E-state index contributed by atoms with van der Waals surface area (Å²) in [6.45, 7) is 2.80. The quantitative estimate of drug-likeness (QED) is 0.362. The third-order valence-corrected chi connectivity index (χ3v) is 8.59. The van der Waals surface area contributed by atoms with Gasteiger partial charge in [-0.2, -0.15) is 13.2 Å². The van der Waals surface area contributed by atoms with Crippen molar-refractivity contribution in [2.75, 3.05) is 18.4 Å². The summed E-state index contributed by atoms with van der Waals surface area (Å²) in [6, 6.07) is 8.20. The number of pyridine rings is 1. The molecule has 1 aromatic carbocycles. The molecule has 1 unspecified atom stereocenters. The number of carbonyl (C=O) groups is 1. The lowest BCUT2D eigenvalue weighted by atomic mass is 9.74. The minimum atomic E-state index is -4.44. The summed E-state index contributed by atoms with van der Waals surface area (Å²) in [5.74, 6) is -0.189. The molecule has 0 radical (unpaired) electrons. The summed E-state index contributed by atoms with van der Waals surface area (Å²) in [5.41, 5.74) is 0.483. The lowest BCUT2D eigenvalue weighted by Crippen LogP contribution is -2.52. The van der Waals surface area contributed by atoms with Crippen molar-refractivity contribution < 1.29 is 22.4 Å². The average molecular weight is 533 g/mol. The first-order valence-corrected chi connectivity index (χ1v) is 13.3. The molecule has 2 fully saturated rings. The Labute approximate surface area is 216 Å². The zero-order valence-corrected chi connectivity index (χ0v) is 21.3. The fraction of sp³-hybridized carbons (Fsp3) is 0.444. The van der Waals surface area contributed by atoms with Crippen molar-refractivity contribution in [2.45, 2.75) is 57.7 Å². The standard InChI is InChI=1S/C27H28F4N4OS/c1-17-34-23(24(37-17)18-4-7-20(28)8-5-18)25(36)35-13-12-26(10-2-3-11-26)14-21(35)16-33-22-9-6-19(15-32-22)27(29,30)31/h4-9,15,21H,2-3,10-14,16H2,1H3,(H,32,33). The first kappa shape index (κ1) is 25.6. The van der Waals surface area contributed by atoms with Crippen LogP contribution in [0.3, 0.4) is 0 Å². The van der Waals surface area contributed by atoms with Gasteiger partial charge in [0.2, 0.25) is 0 Å². The number of thiazole rings is 1. The summed E-state index contributed by atoms with van der Waals surface area (Å²) in [4.78, 5) is 24.9. The molecule has 5 nitrogen and oxygen atoms in total. The lowest BCUT2D eigenvalue weighted by molar-refractivity contribution is -0.137. The Morgan fingerprint density at radius 2 is 1.86 bits per heavy atom. The van der Waals surface area contributed by atoms with Crippen LogP contribution in [0.5, 0.6) is 0 Å². The second-order valence-electron chi connectivity index (χ2n) is 10.0. The lowest BCUT2D eigenvalue weighted by Gasteiger charge is -2.45. The van der Waals surface area contributed by atoms with Crippen LogP contribution in [-0.4, -0.2) is 39.9 Å².